The lowest BCUT2D eigenvalue weighted by molar-refractivity contribution is -0.159. The van der Waals surface area contributed by atoms with E-state index in [1.54, 1.807) is 92.9 Å². The van der Waals surface area contributed by atoms with Gasteiger partial charge in [-0.05, 0) is 128 Å². The molecule has 0 saturated heterocycles. The van der Waals surface area contributed by atoms with Gasteiger partial charge in [0.15, 0.2) is 0 Å². The number of ether oxygens (including phenoxy) is 4. The number of esters is 1. The maximum Gasteiger partial charge on any atom is 0.431 e. The highest BCUT2D eigenvalue weighted by Crippen LogP contribution is 2.16. The van der Waals surface area contributed by atoms with Gasteiger partial charge in [0, 0.05) is 78.1 Å². The zero-order valence-electron chi connectivity index (χ0n) is 48.9. The molecule has 0 rings (SSSR count). The summed E-state index contributed by atoms with van der Waals surface area (Å²) in [6.07, 6.45) is 13.3. The summed E-state index contributed by atoms with van der Waals surface area (Å²) < 4.78 is 22.0. The standard InChI is InChI=1S/C55H103N7O14/c1-52(2,3)73-48(68)43(59-47(67)29-23-21-19-17-15-13-14-16-18-20-22-26-41-63)30-31-44(64)56-34-27-39-61(50(70)75-54(7,8)9)37-24-25-38-62(51(71)76-55(10,11)12)40-28-35-57-45(65)32-33-46(66)58-36-42-72-60-49(69)74-53(4,5)6/h43,63H,13-42H2,1-12H3,(H,56,64)(H,57,65)(H,58,66)(H,59,67)(H,60,69)/t43-/m0/s1. The van der Waals surface area contributed by atoms with Gasteiger partial charge in [-0.2, -0.15) is 5.48 Å². The first kappa shape index (κ1) is 71.1. The first-order valence-electron chi connectivity index (χ1n) is 28.0. The summed E-state index contributed by atoms with van der Waals surface area (Å²) in [4.78, 5) is 110. The largest absolute Gasteiger partial charge is 0.458 e. The summed E-state index contributed by atoms with van der Waals surface area (Å²) in [6, 6.07) is -0.981. The average molecular weight is 1090 g/mol. The average Bonchev–Trinajstić information content (AvgIpc) is 3.28. The van der Waals surface area contributed by atoms with Crippen LogP contribution in [0.1, 0.15) is 218 Å². The van der Waals surface area contributed by atoms with E-state index in [0.29, 0.717) is 45.2 Å². The number of hydroxylamine groups is 1. The number of hydrogen-bond acceptors (Lipinski definition) is 14. The molecular weight excluding hydrogens is 983 g/mol. The van der Waals surface area contributed by atoms with Crippen LogP contribution in [-0.2, 0) is 47.8 Å². The normalized spacial score (nSPS) is 12.2. The van der Waals surface area contributed by atoms with Crippen LogP contribution in [0.4, 0.5) is 14.4 Å². The Bertz CT molecular complexity index is 1690. The molecule has 0 aromatic carbocycles. The molecule has 76 heavy (non-hydrogen) atoms. The van der Waals surface area contributed by atoms with Gasteiger partial charge in [-0.15, -0.1) is 0 Å². The maximum atomic E-state index is 13.3. The van der Waals surface area contributed by atoms with Gasteiger partial charge in [0.1, 0.15) is 28.4 Å². The van der Waals surface area contributed by atoms with Crippen molar-refractivity contribution in [3.63, 3.8) is 0 Å². The summed E-state index contributed by atoms with van der Waals surface area (Å²) in [5.41, 5.74) is -0.832. The fourth-order valence-electron chi connectivity index (χ4n) is 7.31. The zero-order chi connectivity index (χ0) is 57.6. The van der Waals surface area contributed by atoms with Gasteiger partial charge in [-0.1, -0.05) is 64.2 Å². The van der Waals surface area contributed by atoms with Crippen molar-refractivity contribution in [1.82, 2.24) is 36.5 Å². The molecular formula is C55H103N7O14. The summed E-state index contributed by atoms with van der Waals surface area (Å²) in [5, 5.41) is 19.9. The van der Waals surface area contributed by atoms with Gasteiger partial charge in [0.05, 0.1) is 6.61 Å². The van der Waals surface area contributed by atoms with Crippen LogP contribution in [0.5, 0.6) is 0 Å². The van der Waals surface area contributed by atoms with Crippen LogP contribution < -0.4 is 26.7 Å². The lowest BCUT2D eigenvalue weighted by atomic mass is 10.0. The van der Waals surface area contributed by atoms with Crippen molar-refractivity contribution in [2.45, 2.75) is 246 Å². The number of rotatable bonds is 39. The van der Waals surface area contributed by atoms with Crippen LogP contribution in [0.25, 0.3) is 0 Å². The molecule has 0 fully saturated rings. The Morgan fingerprint density at radius 2 is 0.803 bits per heavy atom. The number of unbranched alkanes of at least 4 members (excludes halogenated alkanes) is 12. The molecule has 1 atom stereocenters. The predicted molar refractivity (Wildman–Crippen MR) is 292 cm³/mol. The Kier molecular flexibility index (Phi) is 36.9. The van der Waals surface area contributed by atoms with E-state index < -0.39 is 52.7 Å². The van der Waals surface area contributed by atoms with Crippen LogP contribution in [0.2, 0.25) is 0 Å². The van der Waals surface area contributed by atoms with E-state index in [4.69, 9.17) is 28.9 Å². The Balaban J connectivity index is 5.06. The maximum absolute atomic E-state index is 13.3. The quantitative estimate of drug-likeness (QED) is 0.0146. The lowest BCUT2D eigenvalue weighted by Crippen LogP contribution is -2.44. The second-order valence-corrected chi connectivity index (χ2v) is 23.3. The molecule has 21 nitrogen and oxygen atoms in total. The first-order chi connectivity index (χ1) is 35.5. The van der Waals surface area contributed by atoms with Gasteiger partial charge < -0.3 is 55.1 Å². The predicted octanol–water partition coefficient (Wildman–Crippen LogP) is 8.28. The van der Waals surface area contributed by atoms with Crippen molar-refractivity contribution in [1.29, 1.82) is 0 Å². The van der Waals surface area contributed by atoms with Gasteiger partial charge in [0.25, 0.3) is 0 Å². The van der Waals surface area contributed by atoms with Crippen LogP contribution in [-0.4, -0.2) is 150 Å². The molecule has 0 heterocycles. The van der Waals surface area contributed by atoms with Crippen LogP contribution >= 0.6 is 0 Å². The number of nitrogens with zero attached hydrogens (tertiary/aromatic N) is 2. The number of aliphatic hydroxyl groups is 1. The van der Waals surface area contributed by atoms with E-state index in [-0.39, 0.29) is 102 Å². The second-order valence-electron chi connectivity index (χ2n) is 23.3. The van der Waals surface area contributed by atoms with E-state index in [1.165, 1.54) is 38.5 Å². The number of carbonyl (C=O) groups excluding carboxylic acids is 8. The molecule has 21 heteroatoms. The van der Waals surface area contributed by atoms with Crippen LogP contribution in [0.15, 0.2) is 0 Å². The first-order valence-corrected chi connectivity index (χ1v) is 28.0. The van der Waals surface area contributed by atoms with Gasteiger partial charge >= 0.3 is 24.2 Å². The number of nitrogens with one attached hydrogen (secondary N) is 5. The molecule has 442 valence electrons. The van der Waals surface area contributed by atoms with E-state index >= 15 is 0 Å². The fraction of sp³-hybridized carbons (Fsp3) is 0.855. The van der Waals surface area contributed by atoms with Gasteiger partial charge in [-0.25, -0.2) is 19.2 Å². The zero-order valence-corrected chi connectivity index (χ0v) is 48.9. The molecule has 0 spiro atoms. The minimum absolute atomic E-state index is 0.000971. The molecule has 0 aromatic heterocycles. The van der Waals surface area contributed by atoms with E-state index in [9.17, 15) is 38.4 Å². The Labute approximate surface area is 455 Å². The molecule has 0 aromatic rings. The topological polar surface area (TPSA) is 270 Å². The fourth-order valence-corrected chi connectivity index (χ4v) is 7.31. The van der Waals surface area contributed by atoms with E-state index in [1.807, 2.05) is 0 Å². The monoisotopic (exact) mass is 1090 g/mol. The van der Waals surface area contributed by atoms with Crippen LogP contribution in [0.3, 0.4) is 0 Å². The molecule has 6 N–H and O–H groups in total. The molecule has 0 unspecified atom stereocenters. The summed E-state index contributed by atoms with van der Waals surface area (Å²) >= 11 is 0. The minimum Gasteiger partial charge on any atom is -0.458 e. The highest BCUT2D eigenvalue weighted by atomic mass is 16.7. The summed E-state index contributed by atoms with van der Waals surface area (Å²) in [6.45, 7) is 23.1. The van der Waals surface area contributed by atoms with Crippen molar-refractivity contribution in [3.8, 4) is 0 Å². The minimum atomic E-state index is -0.981. The lowest BCUT2D eigenvalue weighted by Gasteiger charge is -2.29. The Hall–Kier alpha value is -4.92. The van der Waals surface area contributed by atoms with Gasteiger partial charge in [-0.3, -0.25) is 24.0 Å². The molecule has 0 bridgehead atoms. The molecule has 7 amide bonds. The second kappa shape index (κ2) is 39.4. The third-order valence-electron chi connectivity index (χ3n) is 10.9. The van der Waals surface area contributed by atoms with Crippen molar-refractivity contribution >= 4 is 47.9 Å². The summed E-state index contributed by atoms with van der Waals surface area (Å²) in [7, 11) is 0. The van der Waals surface area contributed by atoms with Crippen molar-refractivity contribution in [3.05, 3.63) is 0 Å². The third kappa shape index (κ3) is 44.2. The van der Waals surface area contributed by atoms with Crippen molar-refractivity contribution < 1.29 is 67.2 Å². The summed E-state index contributed by atoms with van der Waals surface area (Å²) in [5.74, 6) is -1.86. The van der Waals surface area contributed by atoms with E-state index in [2.05, 4.69) is 26.7 Å². The van der Waals surface area contributed by atoms with E-state index in [0.717, 1.165) is 32.1 Å². The number of carbonyl (C=O) groups is 8. The van der Waals surface area contributed by atoms with Gasteiger partial charge in [0.2, 0.25) is 23.6 Å². The number of amides is 7. The molecule has 0 radical (unpaired) electrons. The van der Waals surface area contributed by atoms with Crippen molar-refractivity contribution in [2.24, 2.45) is 0 Å². The molecule has 0 saturated carbocycles. The highest BCUT2D eigenvalue weighted by Gasteiger charge is 2.28. The highest BCUT2D eigenvalue weighted by molar-refractivity contribution is 5.85. The third-order valence-corrected chi connectivity index (χ3v) is 10.9. The SMILES string of the molecule is CC(C)(C)OC(=O)NOCCNC(=O)CCC(=O)NCCCN(CCCCN(CCCNC(=O)CC[C@H](NC(=O)CCCCCCCCCCCCCCO)C(=O)OC(C)(C)C)C(=O)OC(C)(C)C)C(=O)OC(C)(C)C. The smallest absolute Gasteiger partial charge is 0.431 e. The molecule has 0 aliphatic carbocycles. The Morgan fingerprint density at radius 3 is 1.22 bits per heavy atom. The Morgan fingerprint density at radius 1 is 0.421 bits per heavy atom. The van der Waals surface area contributed by atoms with Crippen LogP contribution in [0, 0.1) is 0 Å². The number of aliphatic hydroxyl groups excluding tert-OH is 1. The molecule has 0 aliphatic heterocycles. The molecule has 0 aliphatic rings. The number of hydrogen-bond donors (Lipinski definition) is 6. The van der Waals surface area contributed by atoms with Crippen molar-refractivity contribution in [2.75, 3.05) is 59.0 Å².